The highest BCUT2D eigenvalue weighted by atomic mass is 16.2. The molecule has 98 valence electrons. The van der Waals surface area contributed by atoms with Crippen LogP contribution in [0.1, 0.15) is 40.0 Å². The lowest BCUT2D eigenvalue weighted by molar-refractivity contribution is -0.135. The van der Waals surface area contributed by atoms with Gasteiger partial charge in [0.2, 0.25) is 11.8 Å². The van der Waals surface area contributed by atoms with Crippen molar-refractivity contribution in [3.8, 4) is 0 Å². The number of hydrogen-bond acceptors (Lipinski definition) is 2. The highest BCUT2D eigenvalue weighted by molar-refractivity contribution is 5.99. The molecule has 1 saturated heterocycles. The van der Waals surface area contributed by atoms with Crippen LogP contribution in [0.2, 0.25) is 0 Å². The predicted molar refractivity (Wildman–Crippen MR) is 72.8 cm³/mol. The van der Waals surface area contributed by atoms with E-state index in [0.717, 1.165) is 23.1 Å². The van der Waals surface area contributed by atoms with Crippen LogP contribution in [0.5, 0.6) is 0 Å². The summed E-state index contributed by atoms with van der Waals surface area (Å²) in [5, 5.41) is 2.40. The molecule has 0 saturated carbocycles. The molecule has 0 bridgehead atoms. The second-order valence-electron chi connectivity index (χ2n) is 4.73. The van der Waals surface area contributed by atoms with Gasteiger partial charge in [-0.05, 0) is 32.3 Å². The van der Waals surface area contributed by atoms with Gasteiger partial charge in [0.05, 0.1) is 5.92 Å². The summed E-state index contributed by atoms with van der Waals surface area (Å²) in [5.41, 5.74) is 3.19. The summed E-state index contributed by atoms with van der Waals surface area (Å²) in [5.74, 6) is -0.497. The second kappa shape index (κ2) is 6.34. The summed E-state index contributed by atoms with van der Waals surface area (Å²) in [7, 11) is 0. The first-order valence-corrected chi connectivity index (χ1v) is 6.32. The molecule has 0 spiro atoms. The number of carbonyl (C=O) groups excluding carboxylic acids is 2. The van der Waals surface area contributed by atoms with Gasteiger partial charge in [-0.1, -0.05) is 36.8 Å². The van der Waals surface area contributed by atoms with E-state index in [0.29, 0.717) is 12.8 Å². The summed E-state index contributed by atoms with van der Waals surface area (Å²) in [4.78, 5) is 22.9. The summed E-state index contributed by atoms with van der Waals surface area (Å²) >= 11 is 0. The van der Waals surface area contributed by atoms with E-state index < -0.39 is 0 Å². The van der Waals surface area contributed by atoms with Crippen LogP contribution in [0.25, 0.3) is 0 Å². The van der Waals surface area contributed by atoms with Gasteiger partial charge in [0.1, 0.15) is 0 Å². The third-order valence-corrected chi connectivity index (χ3v) is 3.32. The molecule has 1 rings (SSSR count). The number of amides is 2. The zero-order valence-corrected chi connectivity index (χ0v) is 11.4. The van der Waals surface area contributed by atoms with E-state index in [4.69, 9.17) is 0 Å². The van der Waals surface area contributed by atoms with Crippen molar-refractivity contribution in [3.05, 3.63) is 35.5 Å². The summed E-state index contributed by atoms with van der Waals surface area (Å²) in [6, 6.07) is 0. The molecule has 1 unspecified atom stereocenters. The molecule has 18 heavy (non-hydrogen) atoms. The summed E-state index contributed by atoms with van der Waals surface area (Å²) in [6.07, 6.45) is 5.84. The molecule has 1 N–H and O–H groups in total. The first-order valence-electron chi connectivity index (χ1n) is 6.32. The maximum absolute atomic E-state index is 11.8. The average molecular weight is 247 g/mol. The fraction of sp³-hybridized carbons (Fsp3) is 0.467. The Morgan fingerprint density at radius 1 is 1.39 bits per heavy atom. The van der Waals surface area contributed by atoms with Crippen LogP contribution in [0.3, 0.4) is 0 Å². The number of imide groups is 1. The minimum atomic E-state index is -0.166. The van der Waals surface area contributed by atoms with Crippen molar-refractivity contribution in [1.29, 1.82) is 0 Å². The average Bonchev–Trinajstić information content (AvgIpc) is 2.31. The Hall–Kier alpha value is -1.64. The van der Waals surface area contributed by atoms with Crippen LogP contribution in [0.4, 0.5) is 0 Å². The number of piperidine rings is 1. The van der Waals surface area contributed by atoms with Crippen molar-refractivity contribution in [1.82, 2.24) is 5.32 Å². The molecular weight excluding hydrogens is 226 g/mol. The second-order valence-corrected chi connectivity index (χ2v) is 4.73. The summed E-state index contributed by atoms with van der Waals surface area (Å²) < 4.78 is 0. The first kappa shape index (κ1) is 14.4. The molecule has 0 aromatic heterocycles. The molecule has 1 fully saturated rings. The minimum Gasteiger partial charge on any atom is -0.296 e. The maximum Gasteiger partial charge on any atom is 0.233 e. The number of hydrogen-bond donors (Lipinski definition) is 1. The van der Waals surface area contributed by atoms with Gasteiger partial charge in [-0.3, -0.25) is 14.9 Å². The number of allylic oxidation sites excluding steroid dienone is 4. The van der Waals surface area contributed by atoms with Crippen LogP contribution >= 0.6 is 0 Å². The van der Waals surface area contributed by atoms with E-state index >= 15 is 0 Å². The minimum absolute atomic E-state index is 0.165. The molecule has 1 aliphatic heterocycles. The largest absolute Gasteiger partial charge is 0.296 e. The standard InChI is InChI=1S/C15H21NO2/c1-5-12(7-6-11(4)10(2)3)13-8-9-14(17)16-15(13)18/h6-7,13H,2,5,8-9H2,1,3-4H3,(H,16,17,18)/b11-6-,12-7+. The van der Waals surface area contributed by atoms with Crippen molar-refractivity contribution >= 4 is 11.8 Å². The van der Waals surface area contributed by atoms with Gasteiger partial charge >= 0.3 is 0 Å². The van der Waals surface area contributed by atoms with Gasteiger partial charge in [-0.15, -0.1) is 0 Å². The molecule has 0 radical (unpaired) electrons. The highest BCUT2D eigenvalue weighted by Gasteiger charge is 2.28. The Labute approximate surface area is 109 Å². The molecular formula is C15H21NO2. The number of rotatable bonds is 4. The third-order valence-electron chi connectivity index (χ3n) is 3.32. The Balaban J connectivity index is 2.86. The van der Waals surface area contributed by atoms with Crippen molar-refractivity contribution < 1.29 is 9.59 Å². The van der Waals surface area contributed by atoms with Gasteiger partial charge in [-0.25, -0.2) is 0 Å². The van der Waals surface area contributed by atoms with E-state index in [2.05, 4.69) is 11.9 Å². The predicted octanol–water partition coefficient (Wildman–Crippen LogP) is 2.90. The summed E-state index contributed by atoms with van der Waals surface area (Å²) in [6.45, 7) is 9.85. The van der Waals surface area contributed by atoms with Gasteiger partial charge in [0.15, 0.2) is 0 Å². The topological polar surface area (TPSA) is 46.2 Å². The molecule has 3 nitrogen and oxygen atoms in total. The number of nitrogens with one attached hydrogen (secondary N) is 1. The molecule has 1 aliphatic rings. The molecule has 2 amide bonds. The molecule has 0 aromatic carbocycles. The zero-order valence-electron chi connectivity index (χ0n) is 11.4. The fourth-order valence-corrected chi connectivity index (χ4v) is 1.90. The molecule has 1 heterocycles. The Morgan fingerprint density at radius 2 is 2.06 bits per heavy atom. The third kappa shape index (κ3) is 3.69. The molecule has 3 heteroatoms. The van der Waals surface area contributed by atoms with Crippen molar-refractivity contribution in [2.45, 2.75) is 40.0 Å². The van der Waals surface area contributed by atoms with Crippen LogP contribution < -0.4 is 5.32 Å². The zero-order chi connectivity index (χ0) is 13.7. The number of carbonyl (C=O) groups is 2. The van der Waals surface area contributed by atoms with Gasteiger partial charge in [-0.2, -0.15) is 0 Å². The van der Waals surface area contributed by atoms with Gasteiger partial charge in [0, 0.05) is 6.42 Å². The van der Waals surface area contributed by atoms with Gasteiger partial charge in [0.25, 0.3) is 0 Å². The fourth-order valence-electron chi connectivity index (χ4n) is 1.90. The maximum atomic E-state index is 11.8. The van der Waals surface area contributed by atoms with Crippen LogP contribution in [0.15, 0.2) is 35.5 Å². The van der Waals surface area contributed by atoms with Crippen molar-refractivity contribution in [2.75, 3.05) is 0 Å². The van der Waals surface area contributed by atoms with E-state index in [-0.39, 0.29) is 17.7 Å². The Morgan fingerprint density at radius 3 is 2.56 bits per heavy atom. The van der Waals surface area contributed by atoms with Crippen LogP contribution in [0, 0.1) is 5.92 Å². The van der Waals surface area contributed by atoms with E-state index in [1.54, 1.807) is 0 Å². The van der Waals surface area contributed by atoms with Crippen LogP contribution in [-0.4, -0.2) is 11.8 Å². The van der Waals surface area contributed by atoms with Crippen molar-refractivity contribution in [2.24, 2.45) is 5.92 Å². The van der Waals surface area contributed by atoms with E-state index in [1.807, 2.05) is 32.9 Å². The lowest BCUT2D eigenvalue weighted by Gasteiger charge is -2.22. The van der Waals surface area contributed by atoms with Crippen LogP contribution in [-0.2, 0) is 9.59 Å². The van der Waals surface area contributed by atoms with Crippen molar-refractivity contribution in [3.63, 3.8) is 0 Å². The molecule has 1 atom stereocenters. The normalized spacial score (nSPS) is 21.8. The van der Waals surface area contributed by atoms with Gasteiger partial charge < -0.3 is 0 Å². The Kier molecular flexibility index (Phi) is 5.08. The monoisotopic (exact) mass is 247 g/mol. The van der Waals surface area contributed by atoms with E-state index in [1.165, 1.54) is 0 Å². The highest BCUT2D eigenvalue weighted by Crippen LogP contribution is 2.24. The Bertz CT molecular complexity index is 430. The SMILES string of the molecule is C=C(C)/C(C)=C\C=C(/CC)C1CCC(=O)NC1=O. The van der Waals surface area contributed by atoms with E-state index in [9.17, 15) is 9.59 Å². The molecule has 0 aromatic rings. The lowest BCUT2D eigenvalue weighted by Crippen LogP contribution is -2.41. The first-order chi connectivity index (χ1) is 8.45. The lowest BCUT2D eigenvalue weighted by atomic mass is 9.88. The molecule has 0 aliphatic carbocycles. The smallest absolute Gasteiger partial charge is 0.233 e. The quantitative estimate of drug-likeness (QED) is 0.613.